The molecule has 1 amide bonds. The number of nitrogens with zero attached hydrogens (tertiary/aromatic N) is 2. The highest BCUT2D eigenvalue weighted by Gasteiger charge is 2.32. The molecular formula is C30H45F3N4O3. The van der Waals surface area contributed by atoms with Crippen molar-refractivity contribution >= 4 is 11.6 Å². The number of hydrogen-bond donors (Lipinski definition) is 2. The molecule has 3 N–H and O–H groups in total. The van der Waals surface area contributed by atoms with Gasteiger partial charge in [0, 0.05) is 45.1 Å². The summed E-state index contributed by atoms with van der Waals surface area (Å²) >= 11 is 0. The van der Waals surface area contributed by atoms with Crippen LogP contribution in [-0.2, 0) is 4.74 Å². The van der Waals surface area contributed by atoms with E-state index in [1.807, 2.05) is 58.2 Å². The Labute approximate surface area is 237 Å². The van der Waals surface area contributed by atoms with E-state index in [1.165, 1.54) is 18.2 Å². The molecule has 0 saturated carbocycles. The predicted molar refractivity (Wildman–Crippen MR) is 156 cm³/mol. The lowest BCUT2D eigenvalue weighted by Crippen LogP contribution is -2.34. The van der Waals surface area contributed by atoms with Crippen LogP contribution in [-0.4, -0.2) is 68.4 Å². The van der Waals surface area contributed by atoms with Gasteiger partial charge in [-0.1, -0.05) is 32.1 Å². The Morgan fingerprint density at radius 2 is 2.02 bits per heavy atom. The highest BCUT2D eigenvalue weighted by molar-refractivity contribution is 5.95. The molecule has 0 aliphatic carbocycles. The first kappa shape index (κ1) is 34.6. The fourth-order valence-electron chi connectivity index (χ4n) is 3.88. The number of halogens is 3. The van der Waals surface area contributed by atoms with Gasteiger partial charge in [-0.3, -0.25) is 9.18 Å². The minimum atomic E-state index is -3.72. The lowest BCUT2D eigenvalue weighted by molar-refractivity contribution is -0.182. The van der Waals surface area contributed by atoms with E-state index in [0.29, 0.717) is 32.7 Å². The van der Waals surface area contributed by atoms with E-state index in [4.69, 9.17) is 10.5 Å². The second kappa shape index (κ2) is 18.8. The Kier molecular flexibility index (Phi) is 16.3. The van der Waals surface area contributed by atoms with Crippen LogP contribution in [0.2, 0.25) is 0 Å². The Morgan fingerprint density at radius 1 is 1.27 bits per heavy atom. The van der Waals surface area contributed by atoms with Crippen LogP contribution in [0.4, 0.5) is 18.9 Å². The second-order valence-corrected chi connectivity index (χ2v) is 8.59. The average Bonchev–Trinajstić information content (AvgIpc) is 3.23. The van der Waals surface area contributed by atoms with Crippen molar-refractivity contribution in [1.29, 1.82) is 0 Å². The molecule has 0 radical (unpaired) electrons. The van der Waals surface area contributed by atoms with Crippen molar-refractivity contribution in [1.82, 2.24) is 15.1 Å². The number of alkyl halides is 3. The van der Waals surface area contributed by atoms with Crippen molar-refractivity contribution in [2.24, 2.45) is 0 Å². The molecule has 0 aromatic heterocycles. The van der Waals surface area contributed by atoms with E-state index < -0.39 is 19.2 Å². The summed E-state index contributed by atoms with van der Waals surface area (Å²) in [6.07, 6.45) is 8.98. The molecule has 224 valence electrons. The maximum atomic E-state index is 13.8. The molecule has 0 saturated heterocycles. The Morgan fingerprint density at radius 3 is 2.67 bits per heavy atom. The van der Waals surface area contributed by atoms with Crippen LogP contribution in [0.5, 0.6) is 5.75 Å². The van der Waals surface area contributed by atoms with Crippen LogP contribution < -0.4 is 15.8 Å². The van der Waals surface area contributed by atoms with Crippen LogP contribution in [0.1, 0.15) is 57.3 Å². The van der Waals surface area contributed by atoms with E-state index in [2.05, 4.69) is 21.0 Å². The third-order valence-corrected chi connectivity index (χ3v) is 5.86. The third kappa shape index (κ3) is 11.4. The molecular weight excluding hydrogens is 521 g/mol. The molecule has 0 atom stereocenters. The van der Waals surface area contributed by atoms with Crippen LogP contribution in [0.25, 0.3) is 0 Å². The van der Waals surface area contributed by atoms with Crippen LogP contribution in [0, 0.1) is 0 Å². The molecule has 2 rings (SSSR count). The fraction of sp³-hybridized carbons (Fsp3) is 0.500. The van der Waals surface area contributed by atoms with Gasteiger partial charge in [0.2, 0.25) is 0 Å². The molecule has 1 aromatic rings. The lowest BCUT2D eigenvalue weighted by Gasteiger charge is -2.26. The summed E-state index contributed by atoms with van der Waals surface area (Å²) in [6.45, 7) is 9.35. The zero-order valence-electron chi connectivity index (χ0n) is 24.4. The number of rotatable bonds is 15. The Balaban J connectivity index is 0.00000391. The van der Waals surface area contributed by atoms with Crippen molar-refractivity contribution in [3.63, 3.8) is 0 Å². The summed E-state index contributed by atoms with van der Waals surface area (Å²) in [5.74, 6) is -0.686. The van der Waals surface area contributed by atoms with Gasteiger partial charge in [-0.25, -0.2) is 0 Å². The van der Waals surface area contributed by atoms with E-state index in [0.717, 1.165) is 24.4 Å². The number of nitrogens with one attached hydrogen (secondary N) is 1. The number of allylic oxidation sites excluding steroid dienone is 3. The molecule has 0 bridgehead atoms. The third-order valence-electron chi connectivity index (χ3n) is 5.86. The number of carbonyl (C=O) groups excluding carboxylic acids is 1. The van der Waals surface area contributed by atoms with Gasteiger partial charge in [0.25, 0.3) is 5.91 Å². The zero-order valence-corrected chi connectivity index (χ0v) is 24.4. The summed E-state index contributed by atoms with van der Waals surface area (Å²) in [5.41, 5.74) is 7.82. The van der Waals surface area contributed by atoms with Gasteiger partial charge in [0.15, 0.2) is 0 Å². The Hall–Kier alpha value is -3.40. The van der Waals surface area contributed by atoms with E-state index in [-0.39, 0.29) is 22.9 Å². The van der Waals surface area contributed by atoms with Gasteiger partial charge in [-0.05, 0) is 57.0 Å². The molecule has 40 heavy (non-hydrogen) atoms. The summed E-state index contributed by atoms with van der Waals surface area (Å²) < 4.78 is 49.8. The maximum Gasteiger partial charge on any atom is 0.400 e. The van der Waals surface area contributed by atoms with E-state index in [9.17, 15) is 18.0 Å². The van der Waals surface area contributed by atoms with Crippen molar-refractivity contribution in [2.45, 2.75) is 53.1 Å². The standard InChI is InChI=1S/C28H39F3N4O3.C2H6/c1-4-25(35-17-8-6-7-9-18-35)24(13-20-37-3)33-16-10-19-34(5-2)27(36)22-11-12-23(32)26(21-22)38-28(30,31)14-15-29;1-2/h4,6-8,11-13,17,21,33H,5,9-10,14-16,18-20,32H2,1-3H3;1-2H3/b24-13+,25-4+;. The van der Waals surface area contributed by atoms with Crippen LogP contribution in [0.3, 0.4) is 0 Å². The molecule has 7 nitrogen and oxygen atoms in total. The zero-order chi connectivity index (χ0) is 30.0. The highest BCUT2D eigenvalue weighted by atomic mass is 19.3. The van der Waals surface area contributed by atoms with Crippen molar-refractivity contribution in [3.05, 3.63) is 71.7 Å². The predicted octanol–water partition coefficient (Wildman–Crippen LogP) is 6.28. The molecule has 10 heteroatoms. The van der Waals surface area contributed by atoms with Crippen LogP contribution >= 0.6 is 0 Å². The van der Waals surface area contributed by atoms with Gasteiger partial charge in [0.1, 0.15) is 5.75 Å². The number of nitrogens with two attached hydrogens (primary N) is 1. The van der Waals surface area contributed by atoms with Crippen molar-refractivity contribution in [2.75, 3.05) is 52.3 Å². The highest BCUT2D eigenvalue weighted by Crippen LogP contribution is 2.30. The molecule has 1 aromatic carbocycles. The summed E-state index contributed by atoms with van der Waals surface area (Å²) in [7, 11) is 1.64. The van der Waals surface area contributed by atoms with Gasteiger partial charge in [-0.2, -0.15) is 8.78 Å². The maximum absolute atomic E-state index is 13.8. The number of hydrogen-bond acceptors (Lipinski definition) is 6. The van der Waals surface area contributed by atoms with E-state index in [1.54, 1.807) is 12.0 Å². The molecule has 0 fully saturated rings. The Bertz CT molecular complexity index is 1030. The first-order chi connectivity index (χ1) is 19.3. The quantitative estimate of drug-likeness (QED) is 0.148. The van der Waals surface area contributed by atoms with Crippen molar-refractivity contribution in [3.8, 4) is 5.75 Å². The number of benzene rings is 1. The van der Waals surface area contributed by atoms with Gasteiger partial charge >= 0.3 is 6.11 Å². The summed E-state index contributed by atoms with van der Waals surface area (Å²) in [4.78, 5) is 16.9. The minimum Gasteiger partial charge on any atom is -0.430 e. The largest absolute Gasteiger partial charge is 0.430 e. The number of carbonyl (C=O) groups is 1. The number of ether oxygens (including phenoxy) is 2. The van der Waals surface area contributed by atoms with Gasteiger partial charge in [0.05, 0.1) is 36.8 Å². The number of amides is 1. The van der Waals surface area contributed by atoms with E-state index >= 15 is 0 Å². The summed E-state index contributed by atoms with van der Waals surface area (Å²) in [5, 5.41) is 3.46. The first-order valence-corrected chi connectivity index (χ1v) is 13.8. The summed E-state index contributed by atoms with van der Waals surface area (Å²) in [6, 6.07) is 3.98. The molecule has 1 aliphatic heterocycles. The van der Waals surface area contributed by atoms with Gasteiger partial charge < -0.3 is 30.3 Å². The number of anilines is 1. The number of methoxy groups -OCH3 is 1. The molecule has 0 unspecified atom stereocenters. The minimum absolute atomic E-state index is 0.0578. The molecule has 0 spiro atoms. The monoisotopic (exact) mass is 566 g/mol. The lowest BCUT2D eigenvalue weighted by atomic mass is 10.1. The van der Waals surface area contributed by atoms with Gasteiger partial charge in [-0.15, -0.1) is 0 Å². The topological polar surface area (TPSA) is 80.1 Å². The molecule has 1 aliphatic rings. The fourth-order valence-corrected chi connectivity index (χ4v) is 3.88. The SMILES string of the molecule is C/C=C(\C(=C/COC)NCCCN(CC)C(=O)c1ccc(N)c(OC(F)(F)CCF)c1)N1C=CC=CCC1.CC. The first-order valence-electron chi connectivity index (χ1n) is 13.8. The van der Waals surface area contributed by atoms with Crippen molar-refractivity contribution < 1.29 is 27.4 Å². The molecule has 1 heterocycles. The smallest absolute Gasteiger partial charge is 0.400 e. The second-order valence-electron chi connectivity index (χ2n) is 8.59. The van der Waals surface area contributed by atoms with Crippen LogP contribution in [0.15, 0.2) is 66.2 Å². The normalized spacial score (nSPS) is 13.8. The average molecular weight is 567 g/mol. The number of nitrogen functional groups attached to an aromatic ring is 1.